The van der Waals surface area contributed by atoms with Crippen molar-refractivity contribution in [2.24, 2.45) is 0 Å². The Kier molecular flexibility index (Phi) is 3.53. The molecule has 3 atom stereocenters. The maximum absolute atomic E-state index is 12.3. The molecule has 1 aromatic carbocycles. The van der Waals surface area contributed by atoms with Crippen molar-refractivity contribution in [3.63, 3.8) is 0 Å². The first-order chi connectivity index (χ1) is 11.8. The van der Waals surface area contributed by atoms with Crippen molar-refractivity contribution < 1.29 is 14.3 Å². The van der Waals surface area contributed by atoms with Crippen LogP contribution in [0.15, 0.2) is 30.4 Å². The van der Waals surface area contributed by atoms with Crippen LogP contribution < -0.4 is 9.47 Å². The number of likely N-dealkylation sites (tertiary alicyclic amines) is 1. The fourth-order valence-corrected chi connectivity index (χ4v) is 4.75. The van der Waals surface area contributed by atoms with E-state index >= 15 is 0 Å². The predicted molar refractivity (Wildman–Crippen MR) is 98.9 cm³/mol. The van der Waals surface area contributed by atoms with Crippen LogP contribution in [0.1, 0.15) is 12.0 Å². The van der Waals surface area contributed by atoms with Crippen molar-refractivity contribution >= 4 is 36.6 Å². The zero-order valence-corrected chi connectivity index (χ0v) is 14.4. The second-order valence-corrected chi connectivity index (χ2v) is 7.04. The molecule has 2 aliphatic heterocycles. The zero-order valence-electron chi connectivity index (χ0n) is 14.4. The van der Waals surface area contributed by atoms with Crippen LogP contribution in [0.4, 0.5) is 0 Å². The fourth-order valence-electron chi connectivity index (χ4n) is 4.75. The first-order valence-corrected chi connectivity index (χ1v) is 8.26. The number of ether oxygens (including phenoxy) is 2. The maximum atomic E-state index is 12.3. The molecule has 0 amide bonds. The van der Waals surface area contributed by atoms with Gasteiger partial charge in [0, 0.05) is 16.7 Å². The quantitative estimate of drug-likeness (QED) is 0.737. The lowest BCUT2D eigenvalue weighted by Crippen LogP contribution is -2.59. The third-order valence-electron chi connectivity index (χ3n) is 5.88. The SMILES string of the molecule is [B]C([B])([B])N1CCC2(c3ccc(OC)c(OC)c3)C=CC(=O)C3[B]C312. The van der Waals surface area contributed by atoms with Gasteiger partial charge in [0.1, 0.15) is 0 Å². The summed E-state index contributed by atoms with van der Waals surface area (Å²) in [5, 5.41) is -1.49. The molecule has 3 unspecified atom stereocenters. The first kappa shape index (κ1) is 16.9. The smallest absolute Gasteiger partial charge is 0.161 e. The van der Waals surface area contributed by atoms with Gasteiger partial charge in [-0.05, 0) is 36.7 Å². The van der Waals surface area contributed by atoms with E-state index in [-0.39, 0.29) is 11.6 Å². The number of benzene rings is 1. The highest BCUT2D eigenvalue weighted by Gasteiger charge is 2.76. The molecular formula is C17H16B4NO3. The minimum Gasteiger partial charge on any atom is -0.493 e. The van der Waals surface area contributed by atoms with Gasteiger partial charge in [-0.25, -0.2) is 0 Å². The molecule has 4 nitrogen and oxygen atoms in total. The lowest BCUT2D eigenvalue weighted by molar-refractivity contribution is -0.115. The van der Waals surface area contributed by atoms with Gasteiger partial charge in [-0.3, -0.25) is 4.79 Å². The minimum atomic E-state index is -1.49. The van der Waals surface area contributed by atoms with Crippen molar-refractivity contribution in [3.8, 4) is 11.5 Å². The predicted octanol–water partition coefficient (Wildman–Crippen LogP) is 0.106. The fraction of sp³-hybridized carbons (Fsp3) is 0.471. The van der Waals surface area contributed by atoms with Crippen molar-refractivity contribution in [2.75, 3.05) is 20.8 Å². The van der Waals surface area contributed by atoms with Crippen LogP contribution in [-0.2, 0) is 10.2 Å². The maximum Gasteiger partial charge on any atom is 0.161 e. The van der Waals surface area contributed by atoms with Crippen LogP contribution in [0.3, 0.4) is 0 Å². The van der Waals surface area contributed by atoms with E-state index in [1.54, 1.807) is 20.3 Å². The summed E-state index contributed by atoms with van der Waals surface area (Å²) >= 11 is 0. The number of nitrogens with zero attached hydrogens (tertiary/aromatic N) is 1. The molecule has 1 aromatic rings. The van der Waals surface area contributed by atoms with Crippen LogP contribution in [-0.4, -0.2) is 72.9 Å². The Balaban J connectivity index is 1.88. The van der Waals surface area contributed by atoms with Crippen LogP contribution in [0.25, 0.3) is 0 Å². The molecule has 0 aromatic heterocycles. The van der Waals surface area contributed by atoms with Gasteiger partial charge in [-0.15, -0.1) is 0 Å². The van der Waals surface area contributed by atoms with Crippen molar-refractivity contribution in [1.29, 1.82) is 0 Å². The van der Waals surface area contributed by atoms with Gasteiger partial charge >= 0.3 is 0 Å². The number of allylic oxidation sites excluding steroid dienone is 1. The molecule has 3 aliphatic rings. The highest BCUT2D eigenvalue weighted by atomic mass is 16.5. The molecule has 4 rings (SSSR count). The molecule has 2 heterocycles. The van der Waals surface area contributed by atoms with E-state index in [9.17, 15) is 4.79 Å². The molecule has 8 heteroatoms. The van der Waals surface area contributed by atoms with Gasteiger partial charge in [0.2, 0.25) is 0 Å². The van der Waals surface area contributed by atoms with Gasteiger partial charge in [0.25, 0.3) is 0 Å². The average molecular weight is 326 g/mol. The summed E-state index contributed by atoms with van der Waals surface area (Å²) in [6.07, 6.45) is 4.40. The number of rotatable bonds is 4. The van der Waals surface area contributed by atoms with E-state index in [0.717, 1.165) is 12.0 Å². The number of methoxy groups -OCH3 is 2. The molecule has 0 N–H and O–H groups in total. The highest BCUT2D eigenvalue weighted by Crippen LogP contribution is 2.66. The van der Waals surface area contributed by atoms with Gasteiger partial charge in [0.05, 0.1) is 37.8 Å². The Morgan fingerprint density at radius 3 is 2.60 bits per heavy atom. The molecule has 0 bridgehead atoms. The summed E-state index contributed by atoms with van der Waals surface area (Å²) in [6.45, 7) is 0.600. The second kappa shape index (κ2) is 5.23. The molecule has 2 fully saturated rings. The molecule has 25 heavy (non-hydrogen) atoms. The third kappa shape index (κ3) is 2.06. The van der Waals surface area contributed by atoms with Crippen molar-refractivity contribution in [1.82, 2.24) is 4.90 Å². The Hall–Kier alpha value is -1.55. The molecule has 0 saturated carbocycles. The lowest BCUT2D eigenvalue weighted by Gasteiger charge is -2.47. The number of hydrogen-bond acceptors (Lipinski definition) is 4. The van der Waals surface area contributed by atoms with Gasteiger partial charge in [0.15, 0.2) is 24.6 Å². The highest BCUT2D eigenvalue weighted by molar-refractivity contribution is 6.67. The summed E-state index contributed by atoms with van der Waals surface area (Å²) in [6, 6.07) is 5.83. The van der Waals surface area contributed by atoms with E-state index in [0.29, 0.717) is 18.0 Å². The van der Waals surface area contributed by atoms with Crippen LogP contribution in [0.5, 0.6) is 11.5 Å². The number of ketones is 1. The minimum absolute atomic E-state index is 0.0623. The van der Waals surface area contributed by atoms with Crippen molar-refractivity contribution in [3.05, 3.63) is 35.9 Å². The Morgan fingerprint density at radius 2 is 1.96 bits per heavy atom. The Morgan fingerprint density at radius 1 is 1.24 bits per heavy atom. The standard InChI is InChI=1S/C17H16B4NO3/c1-24-12-4-3-10(9-13(12)25-2)15-6-5-11(23)14-16(15,21-14)22(8-7-15)17(18,19)20/h3-6,9,14H,7-8H2,1-2H3. The van der Waals surface area contributed by atoms with E-state index < -0.39 is 16.1 Å². The van der Waals surface area contributed by atoms with Crippen molar-refractivity contribution in [2.45, 2.75) is 28.3 Å². The summed E-state index contributed by atoms with van der Waals surface area (Å²) in [4.78, 5) is 14.2. The Bertz CT molecular complexity index is 778. The normalized spacial score (nSPS) is 33.4. The largest absolute Gasteiger partial charge is 0.493 e. The molecule has 7 radical (unpaired) electrons. The molecule has 1 aliphatic carbocycles. The number of hydrogen-bond donors (Lipinski definition) is 0. The summed E-state index contributed by atoms with van der Waals surface area (Å²) in [5.74, 6) is 1.12. The van der Waals surface area contributed by atoms with Crippen LogP contribution >= 0.6 is 0 Å². The average Bonchev–Trinajstić information content (AvgIpc) is 3.23. The summed E-state index contributed by atoms with van der Waals surface area (Å²) in [7, 11) is 23.3. The van der Waals surface area contributed by atoms with E-state index in [1.807, 2.05) is 36.5 Å². The van der Waals surface area contributed by atoms with Gasteiger partial charge < -0.3 is 14.4 Å². The molecule has 1 spiro atoms. The molecule has 119 valence electrons. The first-order valence-electron chi connectivity index (χ1n) is 8.26. The third-order valence-corrected chi connectivity index (χ3v) is 5.88. The monoisotopic (exact) mass is 326 g/mol. The zero-order chi connectivity index (χ0) is 18.0. The van der Waals surface area contributed by atoms with Gasteiger partial charge in [-0.1, -0.05) is 17.4 Å². The van der Waals surface area contributed by atoms with Crippen LogP contribution in [0.2, 0.25) is 5.82 Å². The van der Waals surface area contributed by atoms with Crippen LogP contribution in [0, 0.1) is 0 Å². The number of carbonyl (C=O) groups excluding carboxylic acids is 1. The topological polar surface area (TPSA) is 38.8 Å². The molecular weight excluding hydrogens is 309 g/mol. The second-order valence-electron chi connectivity index (χ2n) is 7.04. The van der Waals surface area contributed by atoms with E-state index in [1.165, 1.54) is 0 Å². The number of carbonyl (C=O) groups is 1. The van der Waals surface area contributed by atoms with Gasteiger partial charge in [-0.2, -0.15) is 0 Å². The Labute approximate surface area is 152 Å². The summed E-state index contributed by atoms with van der Waals surface area (Å²) < 4.78 is 10.8. The molecule has 2 saturated heterocycles. The van der Waals surface area contributed by atoms with E-state index in [2.05, 4.69) is 0 Å². The lowest BCUT2D eigenvalue weighted by atomic mass is 9.47. The summed E-state index contributed by atoms with van der Waals surface area (Å²) in [5.41, 5.74) is 0.0185. The van der Waals surface area contributed by atoms with E-state index in [4.69, 9.17) is 33.0 Å².